The normalized spacial score (nSPS) is 11.8. The van der Waals surface area contributed by atoms with Crippen molar-refractivity contribution in [3.63, 3.8) is 0 Å². The molecule has 0 atom stereocenters. The Balaban J connectivity index is 1.97. The van der Waals surface area contributed by atoms with Gasteiger partial charge in [0.2, 0.25) is 0 Å². The number of allylic oxidation sites excluding steroid dienone is 2. The molecule has 0 bridgehead atoms. The molecular formula is C22H17Cl. The van der Waals surface area contributed by atoms with E-state index < -0.39 is 0 Å². The predicted molar refractivity (Wildman–Crippen MR) is 101 cm³/mol. The molecule has 3 aromatic rings. The Labute approximate surface area is 142 Å². The summed E-state index contributed by atoms with van der Waals surface area (Å²) in [7, 11) is 0. The molecule has 23 heavy (non-hydrogen) atoms. The number of hydrogen-bond donors (Lipinski definition) is 0. The van der Waals surface area contributed by atoms with Crippen molar-refractivity contribution in [2.45, 2.75) is 0 Å². The number of benzene rings is 3. The average molecular weight is 317 g/mol. The van der Waals surface area contributed by atoms with Crippen molar-refractivity contribution >= 4 is 29.3 Å². The minimum absolute atomic E-state index is 0.750. The molecule has 0 aliphatic heterocycles. The Morgan fingerprint density at radius 2 is 1.35 bits per heavy atom. The van der Waals surface area contributed by atoms with E-state index in [4.69, 9.17) is 11.6 Å². The minimum atomic E-state index is 0.750. The van der Waals surface area contributed by atoms with E-state index in [2.05, 4.69) is 66.8 Å². The van der Waals surface area contributed by atoms with Gasteiger partial charge in [0.1, 0.15) is 0 Å². The van der Waals surface area contributed by atoms with E-state index in [1.807, 2.05) is 36.4 Å². The Morgan fingerprint density at radius 3 is 2.04 bits per heavy atom. The van der Waals surface area contributed by atoms with Gasteiger partial charge in [-0.2, -0.15) is 0 Å². The minimum Gasteiger partial charge on any atom is -0.0843 e. The Hall–Kier alpha value is -2.57. The Kier molecular flexibility index (Phi) is 5.08. The van der Waals surface area contributed by atoms with E-state index >= 15 is 0 Å². The van der Waals surface area contributed by atoms with Gasteiger partial charge in [-0.05, 0) is 40.5 Å². The molecule has 1 heteroatoms. The second kappa shape index (κ2) is 7.62. The third-order valence-electron chi connectivity index (χ3n) is 3.53. The fourth-order valence-electron chi connectivity index (χ4n) is 2.38. The lowest BCUT2D eigenvalue weighted by Gasteiger charge is -2.04. The lowest BCUT2D eigenvalue weighted by atomic mass is 10.0. The van der Waals surface area contributed by atoms with Crippen LogP contribution in [0.5, 0.6) is 0 Å². The van der Waals surface area contributed by atoms with Gasteiger partial charge in [-0.25, -0.2) is 0 Å². The summed E-state index contributed by atoms with van der Waals surface area (Å²) in [6, 6.07) is 28.6. The highest BCUT2D eigenvalue weighted by molar-refractivity contribution is 6.30. The topological polar surface area (TPSA) is 0 Å². The van der Waals surface area contributed by atoms with Gasteiger partial charge in [-0.1, -0.05) is 96.5 Å². The molecule has 0 aliphatic rings. The first-order valence-corrected chi connectivity index (χ1v) is 7.95. The summed E-state index contributed by atoms with van der Waals surface area (Å²) in [6.45, 7) is 0. The van der Waals surface area contributed by atoms with E-state index in [0.29, 0.717) is 0 Å². The zero-order valence-electron chi connectivity index (χ0n) is 12.7. The highest BCUT2D eigenvalue weighted by atomic mass is 35.5. The molecule has 0 radical (unpaired) electrons. The maximum atomic E-state index is 6.06. The highest BCUT2D eigenvalue weighted by Crippen LogP contribution is 2.21. The van der Waals surface area contributed by atoms with Crippen LogP contribution in [0.25, 0.3) is 17.7 Å². The average Bonchev–Trinajstić information content (AvgIpc) is 2.60. The molecule has 0 aliphatic carbocycles. The monoisotopic (exact) mass is 316 g/mol. The molecule has 0 unspecified atom stereocenters. The van der Waals surface area contributed by atoms with Crippen LogP contribution in [0, 0.1) is 0 Å². The standard InChI is InChI=1S/C22H17Cl/c23-22-13-7-10-19(17-22)14-15-21(20-11-5-2-6-12-20)16-18-8-3-1-4-9-18/h1-17H/b15-14+,21-16-. The fraction of sp³-hybridized carbons (Fsp3) is 0. The summed E-state index contributed by atoms with van der Waals surface area (Å²) in [5.74, 6) is 0. The van der Waals surface area contributed by atoms with Crippen LogP contribution in [-0.2, 0) is 0 Å². The van der Waals surface area contributed by atoms with E-state index in [9.17, 15) is 0 Å². The predicted octanol–water partition coefficient (Wildman–Crippen LogP) is 6.59. The molecule has 0 saturated heterocycles. The smallest absolute Gasteiger partial charge is 0.0411 e. The first kappa shape index (κ1) is 15.3. The second-order valence-electron chi connectivity index (χ2n) is 5.26. The Bertz CT molecular complexity index is 815. The van der Waals surface area contributed by atoms with Crippen molar-refractivity contribution in [1.82, 2.24) is 0 Å². The van der Waals surface area contributed by atoms with Gasteiger partial charge in [0.25, 0.3) is 0 Å². The lowest BCUT2D eigenvalue weighted by molar-refractivity contribution is 1.61. The quantitative estimate of drug-likeness (QED) is 0.376. The van der Waals surface area contributed by atoms with Crippen LogP contribution in [0.4, 0.5) is 0 Å². The third kappa shape index (κ3) is 4.45. The fourth-order valence-corrected chi connectivity index (χ4v) is 2.58. The van der Waals surface area contributed by atoms with E-state index in [0.717, 1.165) is 16.2 Å². The summed E-state index contributed by atoms with van der Waals surface area (Å²) in [5, 5.41) is 0.750. The molecule has 0 N–H and O–H groups in total. The van der Waals surface area contributed by atoms with Crippen molar-refractivity contribution in [3.05, 3.63) is 113 Å². The molecule has 0 fully saturated rings. The third-order valence-corrected chi connectivity index (χ3v) is 3.77. The van der Waals surface area contributed by atoms with Gasteiger partial charge in [0.15, 0.2) is 0 Å². The van der Waals surface area contributed by atoms with Crippen molar-refractivity contribution in [2.75, 3.05) is 0 Å². The van der Waals surface area contributed by atoms with Crippen molar-refractivity contribution in [2.24, 2.45) is 0 Å². The number of halogens is 1. The number of rotatable bonds is 4. The molecule has 0 amide bonds. The summed E-state index contributed by atoms with van der Waals surface area (Å²) < 4.78 is 0. The summed E-state index contributed by atoms with van der Waals surface area (Å²) in [6.07, 6.45) is 6.41. The molecule has 3 rings (SSSR count). The van der Waals surface area contributed by atoms with E-state index in [1.54, 1.807) is 0 Å². The molecule has 0 nitrogen and oxygen atoms in total. The number of hydrogen-bond acceptors (Lipinski definition) is 0. The van der Waals surface area contributed by atoms with Gasteiger partial charge >= 0.3 is 0 Å². The zero-order valence-corrected chi connectivity index (χ0v) is 13.4. The van der Waals surface area contributed by atoms with Crippen molar-refractivity contribution in [1.29, 1.82) is 0 Å². The van der Waals surface area contributed by atoms with Crippen molar-refractivity contribution in [3.8, 4) is 0 Å². The van der Waals surface area contributed by atoms with Crippen LogP contribution in [-0.4, -0.2) is 0 Å². The molecular weight excluding hydrogens is 300 g/mol. The summed E-state index contributed by atoms with van der Waals surface area (Å²) >= 11 is 6.06. The molecule has 0 aromatic heterocycles. The van der Waals surface area contributed by atoms with Gasteiger partial charge in [-0.15, -0.1) is 0 Å². The SMILES string of the molecule is Clc1cccc(/C=C/C(=C/c2ccccc2)c2ccccc2)c1. The molecule has 0 spiro atoms. The van der Waals surface area contributed by atoms with Gasteiger partial charge in [0.05, 0.1) is 0 Å². The Morgan fingerprint density at radius 1 is 0.696 bits per heavy atom. The van der Waals surface area contributed by atoms with Crippen LogP contribution in [0.2, 0.25) is 5.02 Å². The lowest BCUT2D eigenvalue weighted by Crippen LogP contribution is -1.81. The summed E-state index contributed by atoms with van der Waals surface area (Å²) in [5.41, 5.74) is 4.63. The van der Waals surface area contributed by atoms with Crippen LogP contribution in [0.15, 0.2) is 91.0 Å². The van der Waals surface area contributed by atoms with Crippen LogP contribution >= 0.6 is 11.6 Å². The van der Waals surface area contributed by atoms with E-state index in [1.165, 1.54) is 11.1 Å². The molecule has 0 heterocycles. The van der Waals surface area contributed by atoms with Crippen LogP contribution in [0.3, 0.4) is 0 Å². The van der Waals surface area contributed by atoms with Crippen molar-refractivity contribution < 1.29 is 0 Å². The van der Waals surface area contributed by atoms with E-state index in [-0.39, 0.29) is 0 Å². The first-order chi connectivity index (χ1) is 11.3. The maximum Gasteiger partial charge on any atom is 0.0411 e. The highest BCUT2D eigenvalue weighted by Gasteiger charge is 1.98. The molecule has 0 saturated carbocycles. The second-order valence-corrected chi connectivity index (χ2v) is 5.70. The van der Waals surface area contributed by atoms with Gasteiger partial charge in [0, 0.05) is 5.02 Å². The van der Waals surface area contributed by atoms with Gasteiger partial charge in [-0.3, -0.25) is 0 Å². The molecule has 112 valence electrons. The van der Waals surface area contributed by atoms with Crippen LogP contribution < -0.4 is 0 Å². The maximum absolute atomic E-state index is 6.06. The zero-order chi connectivity index (χ0) is 15.9. The van der Waals surface area contributed by atoms with Crippen LogP contribution in [0.1, 0.15) is 16.7 Å². The largest absolute Gasteiger partial charge is 0.0843 e. The molecule has 3 aromatic carbocycles. The first-order valence-electron chi connectivity index (χ1n) is 7.57. The van der Waals surface area contributed by atoms with Gasteiger partial charge < -0.3 is 0 Å². The summed E-state index contributed by atoms with van der Waals surface area (Å²) in [4.78, 5) is 0.